The highest BCUT2D eigenvalue weighted by Crippen LogP contribution is 2.20. The minimum atomic E-state index is -0.644. The Bertz CT molecular complexity index is 1110. The van der Waals surface area contributed by atoms with Gasteiger partial charge in [-0.3, -0.25) is 9.59 Å². The van der Waals surface area contributed by atoms with Crippen LogP contribution in [0.15, 0.2) is 59.4 Å². The number of nitrogens with zero attached hydrogens (tertiary/aromatic N) is 3. The molecule has 1 amide bonds. The molecule has 30 heavy (non-hydrogen) atoms. The summed E-state index contributed by atoms with van der Waals surface area (Å²) in [5.41, 5.74) is 1.36. The molecule has 156 valence electrons. The van der Waals surface area contributed by atoms with Crippen molar-refractivity contribution >= 4 is 17.3 Å². The van der Waals surface area contributed by atoms with Crippen molar-refractivity contribution in [2.45, 2.75) is 33.7 Å². The summed E-state index contributed by atoms with van der Waals surface area (Å²) in [5.74, 6) is -1.14. The average molecular weight is 408 g/mol. The van der Waals surface area contributed by atoms with Gasteiger partial charge in [-0.15, -0.1) is 0 Å². The summed E-state index contributed by atoms with van der Waals surface area (Å²) < 4.78 is 15.4. The van der Waals surface area contributed by atoms with Crippen LogP contribution in [0.2, 0.25) is 0 Å². The van der Waals surface area contributed by atoms with Crippen LogP contribution in [0.1, 0.15) is 37.0 Å². The second-order valence-corrected chi connectivity index (χ2v) is 7.24. The van der Waals surface area contributed by atoms with Crippen molar-refractivity contribution in [3.8, 4) is 5.69 Å². The van der Waals surface area contributed by atoms with Gasteiger partial charge < -0.3 is 10.2 Å². The zero-order valence-corrected chi connectivity index (χ0v) is 17.5. The molecule has 7 heteroatoms. The van der Waals surface area contributed by atoms with Crippen molar-refractivity contribution in [3.05, 3.63) is 82.0 Å². The Labute approximate surface area is 175 Å². The molecule has 0 aliphatic heterocycles. The maximum atomic E-state index is 14.2. The highest BCUT2D eigenvalue weighted by molar-refractivity contribution is 6.02. The van der Waals surface area contributed by atoms with Crippen LogP contribution in [0, 0.1) is 12.7 Å². The Morgan fingerprint density at radius 2 is 1.83 bits per heavy atom. The van der Waals surface area contributed by atoms with Gasteiger partial charge in [-0.25, -0.2) is 9.07 Å². The first kappa shape index (κ1) is 21.2. The number of anilines is 2. The molecule has 0 aliphatic rings. The number of hydrogen-bond acceptors (Lipinski definition) is 4. The Morgan fingerprint density at radius 3 is 2.43 bits per heavy atom. The fourth-order valence-electron chi connectivity index (χ4n) is 3.34. The fraction of sp³-hybridized carbons (Fsp3) is 0.261. The number of aromatic nitrogens is 2. The Hall–Kier alpha value is -3.48. The maximum Gasteiger partial charge on any atom is 0.280 e. The molecule has 6 nitrogen and oxygen atoms in total. The molecule has 0 saturated heterocycles. The molecule has 1 aromatic heterocycles. The third kappa shape index (κ3) is 4.40. The Balaban J connectivity index is 1.88. The minimum absolute atomic E-state index is 0.168. The number of para-hydroxylation sites is 1. The van der Waals surface area contributed by atoms with E-state index in [2.05, 4.69) is 36.1 Å². The number of nitrogens with one attached hydrogen (secondary N) is 1. The SMILES string of the molecule is CCN(c1ccc(NC(=O)c2nn(-c3ccccc3F)c(C)cc2=O)cc1)C(C)C. The van der Waals surface area contributed by atoms with Gasteiger partial charge in [0.1, 0.15) is 11.5 Å². The quantitative estimate of drug-likeness (QED) is 0.665. The normalized spacial score (nSPS) is 10.9. The summed E-state index contributed by atoms with van der Waals surface area (Å²) in [6.45, 7) is 8.81. The van der Waals surface area contributed by atoms with Crippen molar-refractivity contribution in [1.82, 2.24) is 9.78 Å². The number of benzene rings is 2. The van der Waals surface area contributed by atoms with Crippen LogP contribution in [-0.4, -0.2) is 28.3 Å². The lowest BCUT2D eigenvalue weighted by atomic mass is 10.2. The van der Waals surface area contributed by atoms with Crippen LogP contribution in [-0.2, 0) is 0 Å². The summed E-state index contributed by atoms with van der Waals surface area (Å²) in [6, 6.07) is 15.1. The molecule has 0 aliphatic carbocycles. The zero-order chi connectivity index (χ0) is 21.8. The van der Waals surface area contributed by atoms with Gasteiger partial charge in [-0.2, -0.15) is 5.10 Å². The number of hydrogen-bond donors (Lipinski definition) is 1. The monoisotopic (exact) mass is 408 g/mol. The van der Waals surface area contributed by atoms with Crippen LogP contribution in [0.3, 0.4) is 0 Å². The van der Waals surface area contributed by atoms with Gasteiger partial charge in [-0.1, -0.05) is 12.1 Å². The summed E-state index contributed by atoms with van der Waals surface area (Å²) in [5, 5.41) is 6.82. The lowest BCUT2D eigenvalue weighted by Gasteiger charge is -2.27. The maximum absolute atomic E-state index is 14.2. The molecule has 3 aromatic rings. The molecule has 0 saturated carbocycles. The van der Waals surface area contributed by atoms with E-state index in [0.29, 0.717) is 17.4 Å². The summed E-state index contributed by atoms with van der Waals surface area (Å²) >= 11 is 0. The van der Waals surface area contributed by atoms with E-state index in [-0.39, 0.29) is 11.4 Å². The fourth-order valence-corrected chi connectivity index (χ4v) is 3.34. The zero-order valence-electron chi connectivity index (χ0n) is 17.5. The number of aryl methyl sites for hydroxylation is 1. The van der Waals surface area contributed by atoms with Crippen molar-refractivity contribution in [2.75, 3.05) is 16.8 Å². The molecular weight excluding hydrogens is 383 g/mol. The number of carbonyl (C=O) groups excluding carboxylic acids is 1. The van der Waals surface area contributed by atoms with Crippen molar-refractivity contribution in [3.63, 3.8) is 0 Å². The highest BCUT2D eigenvalue weighted by atomic mass is 19.1. The van der Waals surface area contributed by atoms with E-state index in [1.54, 1.807) is 31.2 Å². The van der Waals surface area contributed by atoms with Gasteiger partial charge in [-0.05, 0) is 64.1 Å². The predicted molar refractivity (Wildman–Crippen MR) is 117 cm³/mol. The molecule has 1 heterocycles. The average Bonchev–Trinajstić information content (AvgIpc) is 2.70. The first-order chi connectivity index (χ1) is 14.3. The third-order valence-corrected chi connectivity index (χ3v) is 4.82. The molecule has 3 rings (SSSR count). The molecule has 0 spiro atoms. The second kappa shape index (κ2) is 8.90. The molecule has 0 bridgehead atoms. The van der Waals surface area contributed by atoms with Gasteiger partial charge in [0.15, 0.2) is 5.69 Å². The van der Waals surface area contributed by atoms with Gasteiger partial charge in [0.2, 0.25) is 5.43 Å². The minimum Gasteiger partial charge on any atom is -0.369 e. The van der Waals surface area contributed by atoms with Crippen LogP contribution >= 0.6 is 0 Å². The van der Waals surface area contributed by atoms with Crippen LogP contribution in [0.5, 0.6) is 0 Å². The largest absolute Gasteiger partial charge is 0.369 e. The Kier molecular flexibility index (Phi) is 6.30. The highest BCUT2D eigenvalue weighted by Gasteiger charge is 2.17. The van der Waals surface area contributed by atoms with Gasteiger partial charge >= 0.3 is 0 Å². The molecule has 0 fully saturated rings. The van der Waals surface area contributed by atoms with Crippen LogP contribution in [0.25, 0.3) is 5.69 Å². The first-order valence-corrected chi connectivity index (χ1v) is 9.85. The number of halogens is 1. The lowest BCUT2D eigenvalue weighted by Crippen LogP contribution is -2.30. The molecular formula is C23H25FN4O2. The van der Waals surface area contributed by atoms with Gasteiger partial charge in [0.25, 0.3) is 5.91 Å². The van der Waals surface area contributed by atoms with Crippen molar-refractivity contribution < 1.29 is 9.18 Å². The molecule has 2 aromatic carbocycles. The number of amides is 1. The van der Waals surface area contributed by atoms with E-state index in [4.69, 9.17) is 0 Å². The summed E-state index contributed by atoms with van der Waals surface area (Å²) in [4.78, 5) is 27.3. The van der Waals surface area contributed by atoms with Crippen LogP contribution < -0.4 is 15.6 Å². The van der Waals surface area contributed by atoms with Gasteiger partial charge in [0, 0.05) is 35.7 Å². The predicted octanol–water partition coefficient (Wildman–Crippen LogP) is 4.17. The molecule has 1 N–H and O–H groups in total. The van der Waals surface area contributed by atoms with Crippen LogP contribution in [0.4, 0.5) is 15.8 Å². The topological polar surface area (TPSA) is 67.2 Å². The lowest BCUT2D eigenvalue weighted by molar-refractivity contribution is 0.101. The molecule has 0 unspecified atom stereocenters. The van der Waals surface area contributed by atoms with Crippen molar-refractivity contribution in [1.29, 1.82) is 0 Å². The smallest absolute Gasteiger partial charge is 0.280 e. The van der Waals surface area contributed by atoms with Gasteiger partial charge in [0.05, 0.1) is 0 Å². The van der Waals surface area contributed by atoms with E-state index in [0.717, 1.165) is 12.2 Å². The van der Waals surface area contributed by atoms with E-state index >= 15 is 0 Å². The van der Waals surface area contributed by atoms with E-state index in [9.17, 15) is 14.0 Å². The standard InChI is InChI=1S/C23H25FN4O2/c1-5-27(15(2)3)18-12-10-17(11-13-18)25-23(30)22-21(29)14-16(4)28(26-22)20-9-7-6-8-19(20)24/h6-15H,5H2,1-4H3,(H,25,30). The van der Waals surface area contributed by atoms with Crippen molar-refractivity contribution in [2.24, 2.45) is 0 Å². The number of carbonyl (C=O) groups is 1. The summed E-state index contributed by atoms with van der Waals surface area (Å²) in [6.07, 6.45) is 0. The Morgan fingerprint density at radius 1 is 1.17 bits per heavy atom. The molecule has 0 atom stereocenters. The molecule has 0 radical (unpaired) electrons. The van der Waals surface area contributed by atoms with E-state index in [1.165, 1.54) is 22.9 Å². The third-order valence-electron chi connectivity index (χ3n) is 4.82. The first-order valence-electron chi connectivity index (χ1n) is 9.85. The van der Waals surface area contributed by atoms with E-state index < -0.39 is 17.2 Å². The summed E-state index contributed by atoms with van der Waals surface area (Å²) in [7, 11) is 0. The number of rotatable bonds is 6. The second-order valence-electron chi connectivity index (χ2n) is 7.24. The van der Waals surface area contributed by atoms with E-state index in [1.807, 2.05) is 12.1 Å².